The Morgan fingerprint density at radius 1 is 1.13 bits per heavy atom. The number of carbonyl (C=O) groups excluding carboxylic acids is 1. The molecule has 1 fully saturated rings. The molecule has 1 saturated heterocycles. The van der Waals surface area contributed by atoms with Crippen molar-refractivity contribution in [3.63, 3.8) is 0 Å². The van der Waals surface area contributed by atoms with E-state index in [2.05, 4.69) is 27.3 Å². The van der Waals surface area contributed by atoms with Crippen molar-refractivity contribution in [3.8, 4) is 22.9 Å². The Morgan fingerprint density at radius 2 is 1.90 bits per heavy atom. The molecule has 6 nitrogen and oxygen atoms in total. The number of hydrogen-bond donors (Lipinski definition) is 1. The molecule has 1 aromatic heterocycles. The number of rotatable bonds is 6. The minimum Gasteiger partial charge on any atom is -0.416 e. The molecule has 0 aliphatic carbocycles. The van der Waals surface area contributed by atoms with Crippen LogP contribution in [0, 0.1) is 12.8 Å². The van der Waals surface area contributed by atoms with Gasteiger partial charge in [-0.3, -0.25) is 4.79 Å². The van der Waals surface area contributed by atoms with Crippen LogP contribution in [0.4, 0.5) is 0 Å². The van der Waals surface area contributed by atoms with Crippen molar-refractivity contribution in [1.29, 1.82) is 0 Å². The van der Waals surface area contributed by atoms with E-state index >= 15 is 0 Å². The highest BCUT2D eigenvalue weighted by Gasteiger charge is 2.16. The third kappa shape index (κ3) is 4.94. The van der Waals surface area contributed by atoms with E-state index in [0.29, 0.717) is 23.9 Å². The zero-order chi connectivity index (χ0) is 20.9. The number of piperidine rings is 1. The predicted molar refractivity (Wildman–Crippen MR) is 117 cm³/mol. The van der Waals surface area contributed by atoms with Crippen LogP contribution in [0.3, 0.4) is 0 Å². The van der Waals surface area contributed by atoms with E-state index in [1.165, 1.54) is 12.8 Å². The Hall–Kier alpha value is -2.99. The van der Waals surface area contributed by atoms with Gasteiger partial charge >= 0.3 is 0 Å². The second kappa shape index (κ2) is 9.22. The normalized spacial score (nSPS) is 17.1. The van der Waals surface area contributed by atoms with Crippen molar-refractivity contribution >= 4 is 5.91 Å². The highest BCUT2D eigenvalue weighted by Crippen LogP contribution is 2.24. The zero-order valence-corrected chi connectivity index (χ0v) is 17.6. The molecule has 1 aliphatic heterocycles. The maximum Gasteiger partial charge on any atom is 0.251 e. The summed E-state index contributed by atoms with van der Waals surface area (Å²) < 4.78 is 5.82. The van der Waals surface area contributed by atoms with Crippen LogP contribution in [0.1, 0.15) is 35.7 Å². The van der Waals surface area contributed by atoms with Crippen LogP contribution in [0.25, 0.3) is 22.9 Å². The summed E-state index contributed by atoms with van der Waals surface area (Å²) in [6, 6.07) is 15.2. The first kappa shape index (κ1) is 20.3. The van der Waals surface area contributed by atoms with Crippen LogP contribution < -0.4 is 5.32 Å². The van der Waals surface area contributed by atoms with Gasteiger partial charge < -0.3 is 14.6 Å². The van der Waals surface area contributed by atoms with Crippen LogP contribution >= 0.6 is 0 Å². The van der Waals surface area contributed by atoms with Crippen LogP contribution in [0.15, 0.2) is 52.9 Å². The van der Waals surface area contributed by atoms with Gasteiger partial charge in [0.1, 0.15) is 0 Å². The number of nitrogens with one attached hydrogen (secondary N) is 1. The molecule has 2 aromatic carbocycles. The second-order valence-corrected chi connectivity index (χ2v) is 8.16. The highest BCUT2D eigenvalue weighted by atomic mass is 16.4. The Labute approximate surface area is 177 Å². The van der Waals surface area contributed by atoms with Gasteiger partial charge in [0.2, 0.25) is 11.8 Å². The first-order valence-corrected chi connectivity index (χ1v) is 10.6. The average molecular weight is 405 g/mol. The molecule has 0 bridgehead atoms. The first-order chi connectivity index (χ1) is 14.6. The predicted octanol–water partition coefficient (Wildman–Crippen LogP) is 4.17. The molecule has 3 aromatic rings. The first-order valence-electron chi connectivity index (χ1n) is 10.6. The number of likely N-dealkylation sites (tertiary alicyclic amines) is 1. The van der Waals surface area contributed by atoms with E-state index < -0.39 is 0 Å². The van der Waals surface area contributed by atoms with Crippen molar-refractivity contribution in [2.24, 2.45) is 5.92 Å². The molecule has 1 amide bonds. The summed E-state index contributed by atoms with van der Waals surface area (Å²) >= 11 is 0. The van der Waals surface area contributed by atoms with Gasteiger partial charge in [0.05, 0.1) is 0 Å². The number of carbonyl (C=O) groups is 1. The maximum absolute atomic E-state index is 12.4. The van der Waals surface area contributed by atoms with E-state index in [1.807, 2.05) is 43.3 Å². The van der Waals surface area contributed by atoms with Gasteiger partial charge in [-0.2, -0.15) is 0 Å². The zero-order valence-electron chi connectivity index (χ0n) is 17.6. The molecule has 1 unspecified atom stereocenters. The van der Waals surface area contributed by atoms with E-state index in [-0.39, 0.29) is 5.91 Å². The summed E-state index contributed by atoms with van der Waals surface area (Å²) in [7, 11) is 0. The van der Waals surface area contributed by atoms with E-state index in [9.17, 15) is 4.79 Å². The molecule has 6 heteroatoms. The molecule has 0 spiro atoms. The molecule has 30 heavy (non-hydrogen) atoms. The van der Waals surface area contributed by atoms with Crippen molar-refractivity contribution < 1.29 is 9.21 Å². The smallest absolute Gasteiger partial charge is 0.251 e. The molecule has 1 atom stereocenters. The summed E-state index contributed by atoms with van der Waals surface area (Å²) in [5.74, 6) is 1.62. The molecular formula is C24H28N4O2. The third-order valence-electron chi connectivity index (χ3n) is 5.54. The van der Waals surface area contributed by atoms with Gasteiger partial charge in [0.25, 0.3) is 5.91 Å². The van der Waals surface area contributed by atoms with E-state index in [0.717, 1.165) is 42.2 Å². The molecule has 0 saturated carbocycles. The van der Waals surface area contributed by atoms with Crippen molar-refractivity contribution in [3.05, 3.63) is 59.7 Å². The van der Waals surface area contributed by atoms with Gasteiger partial charge in [-0.25, -0.2) is 0 Å². The molecule has 2 heterocycles. The molecule has 156 valence electrons. The second-order valence-electron chi connectivity index (χ2n) is 8.16. The van der Waals surface area contributed by atoms with E-state index in [4.69, 9.17) is 4.42 Å². The number of benzene rings is 2. The Morgan fingerprint density at radius 3 is 2.63 bits per heavy atom. The van der Waals surface area contributed by atoms with Crippen LogP contribution in [-0.4, -0.2) is 47.2 Å². The summed E-state index contributed by atoms with van der Waals surface area (Å²) in [6.45, 7) is 8.13. The highest BCUT2D eigenvalue weighted by molar-refractivity contribution is 5.94. The van der Waals surface area contributed by atoms with Crippen LogP contribution in [0.2, 0.25) is 0 Å². The summed E-state index contributed by atoms with van der Waals surface area (Å²) in [5, 5.41) is 11.3. The lowest BCUT2D eigenvalue weighted by Crippen LogP contribution is -2.40. The lowest BCUT2D eigenvalue weighted by atomic mass is 10.0. The van der Waals surface area contributed by atoms with Crippen LogP contribution in [0.5, 0.6) is 0 Å². The van der Waals surface area contributed by atoms with Crippen molar-refractivity contribution in [2.75, 3.05) is 26.2 Å². The third-order valence-corrected chi connectivity index (χ3v) is 5.54. The average Bonchev–Trinajstić information content (AvgIpc) is 3.24. The van der Waals surface area contributed by atoms with Crippen molar-refractivity contribution in [2.45, 2.75) is 26.7 Å². The maximum atomic E-state index is 12.4. The van der Waals surface area contributed by atoms with Gasteiger partial charge in [-0.1, -0.05) is 24.6 Å². The summed E-state index contributed by atoms with van der Waals surface area (Å²) in [6.07, 6.45) is 2.56. The Bertz CT molecular complexity index is 996. The monoisotopic (exact) mass is 404 g/mol. The number of aromatic nitrogens is 2. The van der Waals surface area contributed by atoms with Gasteiger partial charge in [0, 0.05) is 36.3 Å². The largest absolute Gasteiger partial charge is 0.416 e. The molecular weight excluding hydrogens is 376 g/mol. The molecule has 1 aliphatic rings. The fourth-order valence-electron chi connectivity index (χ4n) is 3.92. The fraction of sp³-hybridized carbons (Fsp3) is 0.375. The SMILES string of the molecule is Cc1cccc(-c2nnc(-c3ccc(C(=O)NCCN4CCCC(C)C4)cc3)o2)c1. The fourth-order valence-corrected chi connectivity index (χ4v) is 3.92. The molecule has 4 rings (SSSR count). The standard InChI is InChI=1S/C24H28N4O2/c1-17-5-3-7-21(15-17)24-27-26-23(30-24)20-10-8-19(9-11-20)22(29)25-12-14-28-13-4-6-18(2)16-28/h3,5,7-11,15,18H,4,6,12-14,16H2,1-2H3,(H,25,29). The Balaban J connectivity index is 1.34. The van der Waals surface area contributed by atoms with Crippen molar-refractivity contribution in [1.82, 2.24) is 20.4 Å². The van der Waals surface area contributed by atoms with Gasteiger partial charge in [-0.15, -0.1) is 10.2 Å². The van der Waals surface area contributed by atoms with Gasteiger partial charge in [0.15, 0.2) is 0 Å². The summed E-state index contributed by atoms with van der Waals surface area (Å²) in [5.41, 5.74) is 3.45. The number of hydrogen-bond acceptors (Lipinski definition) is 5. The molecule has 1 N–H and O–H groups in total. The minimum atomic E-state index is -0.0578. The number of nitrogens with zero attached hydrogens (tertiary/aromatic N) is 3. The lowest BCUT2D eigenvalue weighted by Gasteiger charge is -2.30. The van der Waals surface area contributed by atoms with E-state index in [1.54, 1.807) is 12.1 Å². The van der Waals surface area contributed by atoms with Crippen LogP contribution in [-0.2, 0) is 0 Å². The number of aryl methyl sites for hydroxylation is 1. The topological polar surface area (TPSA) is 71.3 Å². The minimum absolute atomic E-state index is 0.0578. The quantitative estimate of drug-likeness (QED) is 0.668. The lowest BCUT2D eigenvalue weighted by molar-refractivity contribution is 0.0944. The number of amides is 1. The Kier molecular flexibility index (Phi) is 6.23. The molecule has 0 radical (unpaired) electrons. The summed E-state index contributed by atoms with van der Waals surface area (Å²) in [4.78, 5) is 14.9. The van der Waals surface area contributed by atoms with Gasteiger partial charge in [-0.05, 0) is 68.6 Å².